The van der Waals surface area contributed by atoms with Gasteiger partial charge in [-0.05, 0) is 49.2 Å². The molecular weight excluding hydrogens is 442 g/mol. The Bertz CT molecular complexity index is 1540. The number of carboxylic acid groups (broad SMARTS) is 1. The number of para-hydroxylation sites is 1. The van der Waals surface area contributed by atoms with Gasteiger partial charge in [0.05, 0.1) is 16.5 Å². The van der Waals surface area contributed by atoms with Crippen LogP contribution in [0, 0.1) is 24.6 Å². The van der Waals surface area contributed by atoms with Crippen LogP contribution < -0.4 is 0 Å². The molecule has 0 saturated carbocycles. The van der Waals surface area contributed by atoms with Gasteiger partial charge in [-0.3, -0.25) is 4.79 Å². The van der Waals surface area contributed by atoms with Crippen LogP contribution in [0.25, 0.3) is 10.9 Å². The molecular formula is C25H21NO4S2. The summed E-state index contributed by atoms with van der Waals surface area (Å²) in [5.41, 5.74) is 2.43. The molecule has 2 aromatic heterocycles. The van der Waals surface area contributed by atoms with Gasteiger partial charge >= 0.3 is 5.97 Å². The van der Waals surface area contributed by atoms with E-state index in [1.54, 1.807) is 24.4 Å². The smallest absolute Gasteiger partial charge is 0.307 e. The number of hydrogen-bond donors (Lipinski definition) is 2. The molecule has 0 aliphatic heterocycles. The van der Waals surface area contributed by atoms with Crippen LogP contribution in [0.2, 0.25) is 0 Å². The first-order valence-electron chi connectivity index (χ1n) is 11.3. The number of aromatic nitrogens is 1. The maximum absolute atomic E-state index is 13.0. The van der Waals surface area contributed by atoms with Crippen LogP contribution in [0.5, 0.6) is 0 Å². The molecule has 0 bridgehead atoms. The Labute approximate surface area is 194 Å². The van der Waals surface area contributed by atoms with E-state index in [0.29, 0.717) is 10.4 Å². The van der Waals surface area contributed by atoms with E-state index in [1.807, 2.05) is 24.3 Å². The minimum Gasteiger partial charge on any atom is -0.481 e. The summed E-state index contributed by atoms with van der Waals surface area (Å²) < 4.78 is 48.3. The highest BCUT2D eigenvalue weighted by molar-refractivity contribution is 7.93. The lowest BCUT2D eigenvalue weighted by Crippen LogP contribution is -2.25. The molecule has 4 aromatic rings. The van der Waals surface area contributed by atoms with Crippen LogP contribution in [0.1, 0.15) is 25.7 Å². The van der Waals surface area contributed by atoms with Crippen molar-refractivity contribution in [2.75, 3.05) is 5.75 Å². The third kappa shape index (κ3) is 4.93. The zero-order valence-corrected chi connectivity index (χ0v) is 18.5. The fourth-order valence-electron chi connectivity index (χ4n) is 3.37. The Hall–Kier alpha value is -3.34. The second-order valence-corrected chi connectivity index (χ2v) is 10.7. The number of benzene rings is 2. The molecule has 0 amide bonds. The minimum atomic E-state index is -3.85. The van der Waals surface area contributed by atoms with Gasteiger partial charge in [0.25, 0.3) is 0 Å². The molecule has 2 aromatic carbocycles. The molecule has 0 aliphatic rings. The van der Waals surface area contributed by atoms with E-state index in [4.69, 9.17) is 4.11 Å². The van der Waals surface area contributed by atoms with Gasteiger partial charge in [-0.15, -0.1) is 11.3 Å². The summed E-state index contributed by atoms with van der Waals surface area (Å²) in [5, 5.41) is 10.6. The number of aromatic amines is 1. The van der Waals surface area contributed by atoms with Gasteiger partial charge in [0.1, 0.15) is 4.21 Å². The monoisotopic (exact) mass is 466 g/mol. The quantitative estimate of drug-likeness (QED) is 0.405. The lowest BCUT2D eigenvalue weighted by Gasteiger charge is -2.11. The summed E-state index contributed by atoms with van der Waals surface area (Å²) in [6, 6.07) is 16.7. The lowest BCUT2D eigenvalue weighted by atomic mass is 10.0. The Morgan fingerprint density at radius 3 is 2.66 bits per heavy atom. The van der Waals surface area contributed by atoms with Crippen LogP contribution in [-0.4, -0.2) is 30.2 Å². The Morgan fingerprint density at radius 2 is 1.91 bits per heavy atom. The maximum Gasteiger partial charge on any atom is 0.307 e. The van der Waals surface area contributed by atoms with Crippen LogP contribution in [-0.2, 0) is 21.1 Å². The number of carbonyl (C=O) groups is 1. The van der Waals surface area contributed by atoms with Crippen molar-refractivity contribution in [1.82, 2.24) is 4.98 Å². The highest BCUT2D eigenvalue weighted by atomic mass is 32.2. The first-order valence-corrected chi connectivity index (χ1v) is 12.2. The third-order valence-electron chi connectivity index (χ3n) is 5.01. The molecule has 32 heavy (non-hydrogen) atoms. The van der Waals surface area contributed by atoms with E-state index < -0.39 is 34.3 Å². The van der Waals surface area contributed by atoms with E-state index in [2.05, 4.69) is 16.8 Å². The van der Waals surface area contributed by atoms with Gasteiger partial charge in [-0.25, -0.2) is 8.42 Å². The van der Waals surface area contributed by atoms with Crippen molar-refractivity contribution in [2.24, 2.45) is 5.92 Å². The third-order valence-corrected chi connectivity index (χ3v) is 8.41. The topological polar surface area (TPSA) is 87.2 Å². The number of H-pyrrole nitrogens is 1. The van der Waals surface area contributed by atoms with Crippen molar-refractivity contribution in [1.29, 1.82) is 0 Å². The van der Waals surface area contributed by atoms with Crippen LogP contribution in [0.3, 0.4) is 0 Å². The van der Waals surface area contributed by atoms with Crippen molar-refractivity contribution in [2.45, 2.75) is 17.5 Å². The van der Waals surface area contributed by atoms with E-state index >= 15 is 0 Å². The SMILES string of the molecule is [2H]C([2H])([2H])c1ccc(C#Cc2ccc(S(=O)(=O)C[C@H](Cc3c[nH]c4ccccc34)C(=O)O)s2)cc1. The Balaban J connectivity index is 1.50. The highest BCUT2D eigenvalue weighted by Crippen LogP contribution is 2.26. The summed E-state index contributed by atoms with van der Waals surface area (Å²) in [4.78, 5) is 15.5. The molecule has 2 heterocycles. The number of aryl methyl sites for hydroxylation is 1. The van der Waals surface area contributed by atoms with Crippen LogP contribution in [0.4, 0.5) is 0 Å². The number of rotatable bonds is 6. The minimum absolute atomic E-state index is 0.0599. The summed E-state index contributed by atoms with van der Waals surface area (Å²) in [6.07, 6.45) is 1.81. The maximum atomic E-state index is 13.0. The summed E-state index contributed by atoms with van der Waals surface area (Å²) in [7, 11) is -3.85. The number of hydrogen-bond acceptors (Lipinski definition) is 4. The van der Waals surface area contributed by atoms with Gasteiger partial charge in [0.15, 0.2) is 9.84 Å². The zero-order valence-electron chi connectivity index (χ0n) is 19.8. The summed E-state index contributed by atoms with van der Waals surface area (Å²) >= 11 is 0.980. The van der Waals surface area contributed by atoms with Gasteiger partial charge in [0, 0.05) is 26.8 Å². The molecule has 0 saturated heterocycles. The molecule has 0 unspecified atom stereocenters. The average molecular weight is 467 g/mol. The molecule has 0 fully saturated rings. The number of nitrogens with one attached hydrogen (secondary N) is 1. The molecule has 7 heteroatoms. The van der Waals surface area contributed by atoms with Crippen molar-refractivity contribution in [3.05, 3.63) is 88.4 Å². The first-order chi connectivity index (χ1) is 16.5. The molecule has 4 rings (SSSR count). The number of sulfone groups is 1. The number of carboxylic acids is 1. The number of aliphatic carboxylic acids is 1. The molecule has 1 atom stereocenters. The van der Waals surface area contributed by atoms with E-state index in [1.165, 1.54) is 18.2 Å². The first kappa shape index (κ1) is 18.3. The number of fused-ring (bicyclic) bond motifs is 1. The highest BCUT2D eigenvalue weighted by Gasteiger charge is 2.28. The molecule has 162 valence electrons. The van der Waals surface area contributed by atoms with E-state index in [9.17, 15) is 18.3 Å². The van der Waals surface area contributed by atoms with E-state index in [0.717, 1.165) is 27.8 Å². The zero-order chi connectivity index (χ0) is 25.2. The molecule has 0 aliphatic carbocycles. The fraction of sp³-hybridized carbons (Fsp3) is 0.160. The second kappa shape index (κ2) is 9.03. The van der Waals surface area contributed by atoms with Crippen LogP contribution >= 0.6 is 11.3 Å². The summed E-state index contributed by atoms with van der Waals surface area (Å²) in [6.45, 7) is -2.19. The van der Waals surface area contributed by atoms with Gasteiger partial charge in [0.2, 0.25) is 0 Å². The predicted octanol–water partition coefficient (Wildman–Crippen LogP) is 4.65. The predicted molar refractivity (Wildman–Crippen MR) is 127 cm³/mol. The number of thiophene rings is 1. The second-order valence-electron chi connectivity index (χ2n) is 7.33. The average Bonchev–Trinajstić information content (AvgIpc) is 3.45. The van der Waals surface area contributed by atoms with Gasteiger partial charge in [-0.1, -0.05) is 47.7 Å². The van der Waals surface area contributed by atoms with Crippen molar-refractivity contribution >= 4 is 38.0 Å². The molecule has 0 radical (unpaired) electrons. The molecule has 0 spiro atoms. The lowest BCUT2D eigenvalue weighted by molar-refractivity contribution is -0.140. The molecule has 2 N–H and O–H groups in total. The largest absolute Gasteiger partial charge is 0.481 e. The fourth-order valence-corrected chi connectivity index (χ4v) is 6.17. The Morgan fingerprint density at radius 1 is 1.12 bits per heavy atom. The van der Waals surface area contributed by atoms with Gasteiger partial charge in [-0.2, -0.15) is 0 Å². The Kier molecular flexibility index (Phi) is 5.15. The summed E-state index contributed by atoms with van der Waals surface area (Å²) in [5.74, 6) is 2.99. The van der Waals surface area contributed by atoms with Gasteiger partial charge < -0.3 is 10.1 Å². The van der Waals surface area contributed by atoms with E-state index in [-0.39, 0.29) is 16.2 Å². The normalized spacial score (nSPS) is 14.1. The van der Waals surface area contributed by atoms with Crippen LogP contribution in [0.15, 0.2) is 71.1 Å². The standard InChI is InChI=1S/C25H21NO4S2/c1-17-6-8-18(9-7-17)10-11-21-12-13-24(31-21)32(29,30)16-20(25(27)28)14-19-15-26-23-5-3-2-4-22(19)23/h2-9,12-13,15,20,26H,14,16H2,1H3,(H,27,28)/t20-/m0/s1/i1D3. The van der Waals surface area contributed by atoms with Crippen molar-refractivity contribution < 1.29 is 22.4 Å². The van der Waals surface area contributed by atoms with Crippen molar-refractivity contribution in [3.8, 4) is 11.8 Å². The molecule has 5 nitrogen and oxygen atoms in total. The van der Waals surface area contributed by atoms with Crippen molar-refractivity contribution in [3.63, 3.8) is 0 Å².